The van der Waals surface area contributed by atoms with Crippen LogP contribution in [0.4, 0.5) is 17.6 Å². The zero-order chi connectivity index (χ0) is 19.2. The molecule has 0 spiro atoms. The third-order valence-corrected chi connectivity index (χ3v) is 4.98. The second kappa shape index (κ2) is 8.84. The lowest BCUT2D eigenvalue weighted by atomic mass is 10.1. The number of halogens is 1. The summed E-state index contributed by atoms with van der Waals surface area (Å²) in [5, 5.41) is 4.14. The van der Waals surface area contributed by atoms with Crippen molar-refractivity contribution < 1.29 is 0 Å². The topological polar surface area (TPSA) is 70.1 Å². The minimum absolute atomic E-state index is 0.760. The first-order valence-corrected chi connectivity index (χ1v) is 9.73. The van der Waals surface area contributed by atoms with Crippen LogP contribution in [0.3, 0.4) is 0 Å². The molecule has 0 saturated carbocycles. The summed E-state index contributed by atoms with van der Waals surface area (Å²) in [4.78, 5) is 21.9. The monoisotopic (exact) mass is 395 g/mol. The van der Waals surface area contributed by atoms with Gasteiger partial charge < -0.3 is 15.1 Å². The molecule has 1 N–H and O–H groups in total. The molecule has 28 heavy (non-hydrogen) atoms. The Balaban J connectivity index is 1.31. The minimum atomic E-state index is 0.760. The Kier molecular flexibility index (Phi) is 5.82. The van der Waals surface area contributed by atoms with Gasteiger partial charge in [0.25, 0.3) is 0 Å². The van der Waals surface area contributed by atoms with Gasteiger partial charge in [0.2, 0.25) is 5.95 Å². The van der Waals surface area contributed by atoms with E-state index >= 15 is 0 Å². The van der Waals surface area contributed by atoms with Crippen LogP contribution in [0, 0.1) is 0 Å². The van der Waals surface area contributed by atoms with E-state index in [1.54, 1.807) is 18.7 Å². The van der Waals surface area contributed by atoms with Crippen LogP contribution in [0.15, 0.2) is 55.1 Å². The summed E-state index contributed by atoms with van der Waals surface area (Å²) in [6, 6.07) is 11.8. The third-order valence-electron chi connectivity index (χ3n) is 4.72. The fourth-order valence-electron chi connectivity index (χ4n) is 3.19. The Morgan fingerprint density at radius 2 is 1.61 bits per heavy atom. The average molecular weight is 396 g/mol. The maximum Gasteiger partial charge on any atom is 0.225 e. The Morgan fingerprint density at radius 1 is 0.893 bits per heavy atom. The molecule has 0 aliphatic carbocycles. The first-order valence-electron chi connectivity index (χ1n) is 9.35. The molecule has 1 aliphatic rings. The molecule has 0 atom stereocenters. The van der Waals surface area contributed by atoms with Gasteiger partial charge in [0.1, 0.15) is 18.0 Å². The predicted molar refractivity (Wildman–Crippen MR) is 112 cm³/mol. The summed E-state index contributed by atoms with van der Waals surface area (Å²) >= 11 is 5.93. The van der Waals surface area contributed by atoms with Crippen LogP contribution >= 0.6 is 11.6 Å². The Bertz CT molecular complexity index is 881. The van der Waals surface area contributed by atoms with Crippen molar-refractivity contribution in [2.45, 2.75) is 6.42 Å². The number of anilines is 3. The molecule has 1 aliphatic heterocycles. The number of rotatable bonds is 6. The molecule has 8 heteroatoms. The summed E-state index contributed by atoms with van der Waals surface area (Å²) in [5.41, 5.74) is 1.24. The average Bonchev–Trinajstić information content (AvgIpc) is 2.76. The Hall–Kier alpha value is -2.93. The van der Waals surface area contributed by atoms with Gasteiger partial charge >= 0.3 is 0 Å². The van der Waals surface area contributed by atoms with Crippen LogP contribution in [0.25, 0.3) is 0 Å². The molecule has 3 heterocycles. The standard InChI is InChI=1S/C20H22ClN7/c21-17-4-2-16(3-5-17)6-9-22-18-14-19(26-15-25-18)27-10-12-28(13-11-27)20-23-7-1-8-24-20/h1-5,7-8,14-15H,6,9-13H2,(H,22,25,26). The summed E-state index contributed by atoms with van der Waals surface area (Å²) in [7, 11) is 0. The largest absolute Gasteiger partial charge is 0.370 e. The zero-order valence-corrected chi connectivity index (χ0v) is 16.3. The smallest absolute Gasteiger partial charge is 0.225 e. The highest BCUT2D eigenvalue weighted by molar-refractivity contribution is 6.30. The molecule has 1 fully saturated rings. The van der Waals surface area contributed by atoms with E-state index in [9.17, 15) is 0 Å². The maximum absolute atomic E-state index is 5.93. The molecule has 144 valence electrons. The third kappa shape index (κ3) is 4.67. The van der Waals surface area contributed by atoms with Crippen molar-refractivity contribution in [1.82, 2.24) is 19.9 Å². The van der Waals surface area contributed by atoms with E-state index in [0.29, 0.717) is 0 Å². The zero-order valence-electron chi connectivity index (χ0n) is 15.5. The van der Waals surface area contributed by atoms with E-state index in [1.807, 2.05) is 36.4 Å². The minimum Gasteiger partial charge on any atom is -0.370 e. The summed E-state index contributed by atoms with van der Waals surface area (Å²) in [5.74, 6) is 2.57. The predicted octanol–water partition coefficient (Wildman–Crippen LogP) is 2.90. The Morgan fingerprint density at radius 3 is 2.36 bits per heavy atom. The van der Waals surface area contributed by atoms with Crippen molar-refractivity contribution in [3.8, 4) is 0 Å². The first kappa shape index (κ1) is 18.4. The van der Waals surface area contributed by atoms with E-state index in [1.165, 1.54) is 5.56 Å². The fourth-order valence-corrected chi connectivity index (χ4v) is 3.32. The summed E-state index contributed by atoms with van der Waals surface area (Å²) in [6.07, 6.45) is 6.08. The number of nitrogens with zero attached hydrogens (tertiary/aromatic N) is 6. The van der Waals surface area contributed by atoms with E-state index < -0.39 is 0 Å². The number of nitrogens with one attached hydrogen (secondary N) is 1. The molecule has 1 saturated heterocycles. The van der Waals surface area contributed by atoms with Gasteiger partial charge in [-0.2, -0.15) is 0 Å². The molecule has 3 aromatic rings. The van der Waals surface area contributed by atoms with Crippen LogP contribution in [-0.2, 0) is 6.42 Å². The molecular formula is C20H22ClN7. The number of aromatic nitrogens is 4. The lowest BCUT2D eigenvalue weighted by Gasteiger charge is -2.35. The van der Waals surface area contributed by atoms with Crippen LogP contribution < -0.4 is 15.1 Å². The molecular weight excluding hydrogens is 374 g/mol. The van der Waals surface area contributed by atoms with Crippen LogP contribution in [-0.4, -0.2) is 52.7 Å². The Labute approximate surface area is 169 Å². The van der Waals surface area contributed by atoms with Gasteiger partial charge in [0.15, 0.2) is 0 Å². The van der Waals surface area contributed by atoms with Crippen molar-refractivity contribution in [2.75, 3.05) is 47.8 Å². The van der Waals surface area contributed by atoms with Crippen molar-refractivity contribution in [3.05, 3.63) is 65.7 Å². The highest BCUT2D eigenvalue weighted by Gasteiger charge is 2.20. The molecule has 0 unspecified atom stereocenters. The van der Waals surface area contributed by atoms with E-state index in [-0.39, 0.29) is 0 Å². The van der Waals surface area contributed by atoms with Crippen molar-refractivity contribution in [3.63, 3.8) is 0 Å². The second-order valence-corrected chi connectivity index (χ2v) is 7.02. The summed E-state index contributed by atoms with van der Waals surface area (Å²) in [6.45, 7) is 4.29. The number of benzene rings is 1. The molecule has 2 aromatic heterocycles. The van der Waals surface area contributed by atoms with Gasteiger partial charge in [0, 0.05) is 56.2 Å². The number of hydrogen-bond acceptors (Lipinski definition) is 7. The van der Waals surface area contributed by atoms with Gasteiger partial charge in [-0.05, 0) is 30.2 Å². The molecule has 0 bridgehead atoms. The van der Waals surface area contributed by atoms with Crippen molar-refractivity contribution in [1.29, 1.82) is 0 Å². The SMILES string of the molecule is Clc1ccc(CCNc2cc(N3CCN(c4ncccn4)CC3)ncn2)cc1. The molecule has 4 rings (SSSR count). The molecule has 7 nitrogen and oxygen atoms in total. The fraction of sp³-hybridized carbons (Fsp3) is 0.300. The van der Waals surface area contributed by atoms with Crippen LogP contribution in [0.2, 0.25) is 5.02 Å². The van der Waals surface area contributed by atoms with Crippen molar-refractivity contribution in [2.24, 2.45) is 0 Å². The van der Waals surface area contributed by atoms with E-state index in [4.69, 9.17) is 11.6 Å². The van der Waals surface area contributed by atoms with Gasteiger partial charge in [-0.3, -0.25) is 0 Å². The first-order chi connectivity index (χ1) is 13.8. The van der Waals surface area contributed by atoms with Crippen LogP contribution in [0.1, 0.15) is 5.56 Å². The van der Waals surface area contributed by atoms with Gasteiger partial charge in [-0.25, -0.2) is 19.9 Å². The lowest BCUT2D eigenvalue weighted by Crippen LogP contribution is -2.47. The molecule has 0 radical (unpaired) electrons. The van der Waals surface area contributed by atoms with Gasteiger partial charge in [-0.1, -0.05) is 23.7 Å². The highest BCUT2D eigenvalue weighted by Crippen LogP contribution is 2.18. The normalized spacial score (nSPS) is 14.2. The number of hydrogen-bond donors (Lipinski definition) is 1. The summed E-state index contributed by atoms with van der Waals surface area (Å²) < 4.78 is 0. The van der Waals surface area contributed by atoms with E-state index in [0.717, 1.165) is 61.8 Å². The van der Waals surface area contributed by atoms with E-state index in [2.05, 4.69) is 35.1 Å². The van der Waals surface area contributed by atoms with Gasteiger partial charge in [-0.15, -0.1) is 0 Å². The molecule has 0 amide bonds. The quantitative estimate of drug-likeness (QED) is 0.688. The van der Waals surface area contributed by atoms with Gasteiger partial charge in [0.05, 0.1) is 0 Å². The van der Waals surface area contributed by atoms with Crippen molar-refractivity contribution >= 4 is 29.2 Å². The highest BCUT2D eigenvalue weighted by atomic mass is 35.5. The number of piperazine rings is 1. The maximum atomic E-state index is 5.93. The van der Waals surface area contributed by atoms with Crippen LogP contribution in [0.5, 0.6) is 0 Å². The lowest BCUT2D eigenvalue weighted by molar-refractivity contribution is 0.634. The molecule has 1 aromatic carbocycles. The second-order valence-electron chi connectivity index (χ2n) is 6.59.